The van der Waals surface area contributed by atoms with Crippen LogP contribution in [0, 0.1) is 5.92 Å². The molecular formula is C26H34N4O6S. The van der Waals surface area contributed by atoms with E-state index in [4.69, 9.17) is 9.57 Å². The molecule has 2 aromatic carbocycles. The fourth-order valence-electron chi connectivity index (χ4n) is 4.71. The van der Waals surface area contributed by atoms with E-state index in [9.17, 15) is 18.0 Å². The van der Waals surface area contributed by atoms with Crippen LogP contribution in [-0.2, 0) is 24.4 Å². The summed E-state index contributed by atoms with van der Waals surface area (Å²) in [6, 6.07) is 10.9. The monoisotopic (exact) mass is 530 g/mol. The van der Waals surface area contributed by atoms with Crippen LogP contribution in [0.5, 0.6) is 5.75 Å². The van der Waals surface area contributed by atoms with Gasteiger partial charge in [-0.3, -0.25) is 13.9 Å². The zero-order valence-corrected chi connectivity index (χ0v) is 22.6. The van der Waals surface area contributed by atoms with Crippen LogP contribution in [0.15, 0.2) is 47.4 Å². The molecule has 0 spiro atoms. The van der Waals surface area contributed by atoms with Crippen LogP contribution in [0.2, 0.25) is 0 Å². The predicted octanol–water partition coefficient (Wildman–Crippen LogP) is 2.58. The van der Waals surface area contributed by atoms with Crippen molar-refractivity contribution in [3.8, 4) is 5.75 Å². The fraction of sp³-hybridized carbons (Fsp3) is 0.462. The molecular weight excluding hydrogens is 496 g/mol. The van der Waals surface area contributed by atoms with Gasteiger partial charge in [0.05, 0.1) is 35.5 Å². The van der Waals surface area contributed by atoms with Crippen LogP contribution in [0.25, 0.3) is 0 Å². The number of hydroxylamine groups is 1. The Bertz CT molecular complexity index is 1250. The molecule has 1 N–H and O–H groups in total. The molecule has 0 aromatic heterocycles. The van der Waals surface area contributed by atoms with Gasteiger partial charge in [-0.15, -0.1) is 0 Å². The Morgan fingerprint density at radius 3 is 2.43 bits per heavy atom. The molecule has 200 valence electrons. The Hall–Kier alpha value is -3.15. The van der Waals surface area contributed by atoms with Gasteiger partial charge in [0.2, 0.25) is 0 Å². The Morgan fingerprint density at radius 1 is 1.11 bits per heavy atom. The highest BCUT2D eigenvalue weighted by atomic mass is 32.2. The van der Waals surface area contributed by atoms with Gasteiger partial charge in [0.25, 0.3) is 15.9 Å². The fourth-order valence-corrected chi connectivity index (χ4v) is 6.37. The third-order valence-electron chi connectivity index (χ3n) is 6.84. The van der Waals surface area contributed by atoms with E-state index < -0.39 is 22.2 Å². The lowest BCUT2D eigenvalue weighted by molar-refractivity contribution is -0.137. The second kappa shape index (κ2) is 10.7. The molecule has 10 nitrogen and oxygen atoms in total. The number of hydrogen-bond acceptors (Lipinski definition) is 8. The molecule has 1 fully saturated rings. The van der Waals surface area contributed by atoms with Crippen molar-refractivity contribution in [1.29, 1.82) is 0 Å². The summed E-state index contributed by atoms with van der Waals surface area (Å²) in [7, 11) is -0.365. The van der Waals surface area contributed by atoms with Gasteiger partial charge in [-0.1, -0.05) is 13.8 Å². The van der Waals surface area contributed by atoms with Gasteiger partial charge in [0.1, 0.15) is 12.0 Å². The maximum Gasteiger partial charge on any atom is 0.264 e. The first-order valence-electron chi connectivity index (χ1n) is 12.3. The molecule has 2 unspecified atom stereocenters. The van der Waals surface area contributed by atoms with E-state index in [1.807, 2.05) is 38.8 Å². The van der Waals surface area contributed by atoms with Crippen LogP contribution >= 0.6 is 0 Å². The minimum atomic E-state index is -3.87. The summed E-state index contributed by atoms with van der Waals surface area (Å²) in [6.07, 6.45) is 0.496. The van der Waals surface area contributed by atoms with E-state index in [-0.39, 0.29) is 22.8 Å². The summed E-state index contributed by atoms with van der Waals surface area (Å²) in [4.78, 5) is 33.3. The SMILES string of the molecule is COc1ccc2c(c1)N(C)CC(C)N2S(=O)(=O)c1ccc(N2CCC(ON[C@H](C=O)C(C)C)C2=O)cc1. The number of hydrogen-bond donors (Lipinski definition) is 1. The second-order valence-corrected chi connectivity index (χ2v) is 11.6. The molecule has 2 aliphatic heterocycles. The van der Waals surface area contributed by atoms with Gasteiger partial charge in [-0.2, -0.15) is 5.48 Å². The third kappa shape index (κ3) is 5.16. The maximum absolute atomic E-state index is 13.7. The van der Waals surface area contributed by atoms with Gasteiger partial charge in [-0.05, 0) is 49.2 Å². The number of fused-ring (bicyclic) bond motifs is 1. The molecule has 1 saturated heterocycles. The number of nitrogens with zero attached hydrogens (tertiary/aromatic N) is 3. The number of methoxy groups -OCH3 is 1. The summed E-state index contributed by atoms with van der Waals surface area (Å²) in [5, 5.41) is 0. The number of benzene rings is 2. The third-order valence-corrected chi connectivity index (χ3v) is 8.78. The number of carbonyl (C=O) groups excluding carboxylic acids is 2. The molecule has 0 bridgehead atoms. The molecule has 1 amide bonds. The summed E-state index contributed by atoms with van der Waals surface area (Å²) >= 11 is 0. The van der Waals surface area contributed by atoms with Crippen molar-refractivity contribution >= 4 is 39.3 Å². The van der Waals surface area contributed by atoms with Gasteiger partial charge in [-0.25, -0.2) is 8.42 Å². The molecule has 2 aromatic rings. The average Bonchev–Trinajstić information content (AvgIpc) is 3.24. The lowest BCUT2D eigenvalue weighted by Gasteiger charge is -2.41. The van der Waals surface area contributed by atoms with Crippen LogP contribution < -0.4 is 24.3 Å². The molecule has 0 radical (unpaired) electrons. The van der Waals surface area contributed by atoms with Crippen LogP contribution in [0.4, 0.5) is 17.1 Å². The number of carbonyl (C=O) groups is 2. The highest BCUT2D eigenvalue weighted by Gasteiger charge is 2.37. The number of sulfonamides is 1. The molecule has 4 rings (SSSR count). The van der Waals surface area contributed by atoms with E-state index >= 15 is 0 Å². The lowest BCUT2D eigenvalue weighted by Crippen LogP contribution is -2.49. The van der Waals surface area contributed by atoms with Crippen LogP contribution in [0.3, 0.4) is 0 Å². The van der Waals surface area contributed by atoms with Crippen molar-refractivity contribution in [3.63, 3.8) is 0 Å². The summed E-state index contributed by atoms with van der Waals surface area (Å²) < 4.78 is 34.3. The topological polar surface area (TPSA) is 108 Å². The number of nitrogens with one attached hydrogen (secondary N) is 1. The largest absolute Gasteiger partial charge is 0.497 e. The van der Waals surface area contributed by atoms with E-state index in [2.05, 4.69) is 5.48 Å². The zero-order chi connectivity index (χ0) is 26.9. The Balaban J connectivity index is 1.53. The molecule has 2 aliphatic rings. The number of rotatable bonds is 9. The van der Waals surface area contributed by atoms with Crippen molar-refractivity contribution in [3.05, 3.63) is 42.5 Å². The van der Waals surface area contributed by atoms with Gasteiger partial charge >= 0.3 is 0 Å². The minimum absolute atomic E-state index is 0.0246. The summed E-state index contributed by atoms with van der Waals surface area (Å²) in [6.45, 7) is 6.59. The quantitative estimate of drug-likeness (QED) is 0.389. The first-order chi connectivity index (χ1) is 17.6. The van der Waals surface area contributed by atoms with Crippen molar-refractivity contribution in [1.82, 2.24) is 5.48 Å². The lowest BCUT2D eigenvalue weighted by atomic mass is 10.1. The minimum Gasteiger partial charge on any atom is -0.497 e. The van der Waals surface area contributed by atoms with E-state index in [0.29, 0.717) is 36.6 Å². The summed E-state index contributed by atoms with van der Waals surface area (Å²) in [5.74, 6) is 0.434. The normalized spacial score (nSPS) is 20.8. The van der Waals surface area contributed by atoms with Crippen LogP contribution in [-0.4, -0.2) is 66.0 Å². The number of likely N-dealkylation sites (N-methyl/N-ethyl adjacent to an activating group) is 1. The number of aldehydes is 1. The highest BCUT2D eigenvalue weighted by Crippen LogP contribution is 2.40. The smallest absolute Gasteiger partial charge is 0.264 e. The molecule has 2 heterocycles. The predicted molar refractivity (Wildman–Crippen MR) is 142 cm³/mol. The van der Waals surface area contributed by atoms with Gasteiger partial charge < -0.3 is 19.3 Å². The maximum atomic E-state index is 13.7. The van der Waals surface area contributed by atoms with E-state index in [1.54, 1.807) is 36.3 Å². The first-order valence-corrected chi connectivity index (χ1v) is 13.7. The van der Waals surface area contributed by atoms with E-state index in [1.165, 1.54) is 16.4 Å². The Labute approximate surface area is 218 Å². The molecule has 0 saturated carbocycles. The van der Waals surface area contributed by atoms with Crippen molar-refractivity contribution < 1.29 is 27.6 Å². The Kier molecular flexibility index (Phi) is 7.77. The van der Waals surface area contributed by atoms with Crippen molar-refractivity contribution in [2.75, 3.05) is 41.4 Å². The highest BCUT2D eigenvalue weighted by molar-refractivity contribution is 7.92. The van der Waals surface area contributed by atoms with Crippen molar-refractivity contribution in [2.24, 2.45) is 5.92 Å². The van der Waals surface area contributed by atoms with Crippen molar-refractivity contribution in [2.45, 2.75) is 50.3 Å². The van der Waals surface area contributed by atoms with Crippen LogP contribution in [0.1, 0.15) is 27.2 Å². The average molecular weight is 531 g/mol. The van der Waals surface area contributed by atoms with Gasteiger partial charge in [0.15, 0.2) is 6.10 Å². The Morgan fingerprint density at radius 2 is 1.81 bits per heavy atom. The molecule has 11 heteroatoms. The van der Waals surface area contributed by atoms with E-state index in [0.717, 1.165) is 12.0 Å². The first kappa shape index (κ1) is 26.9. The molecule has 0 aliphatic carbocycles. The summed E-state index contributed by atoms with van der Waals surface area (Å²) in [5.41, 5.74) is 4.63. The zero-order valence-electron chi connectivity index (χ0n) is 21.7. The molecule has 3 atom stereocenters. The number of amides is 1. The standard InChI is InChI=1S/C26H34N4O6S/c1-17(2)22(16-31)27-36-25-12-13-29(26(25)32)19-6-9-21(10-7-19)37(33,34)30-18(3)15-28(4)24-14-20(35-5)8-11-23(24)30/h6-11,14,16-18,22,25,27H,12-13,15H2,1-5H3/t18?,22-,25?/m1/s1. The number of anilines is 3. The van der Waals surface area contributed by atoms with Gasteiger partial charge in [0, 0.05) is 38.3 Å². The second-order valence-electron chi connectivity index (χ2n) is 9.79. The molecule has 37 heavy (non-hydrogen) atoms. The number of ether oxygens (including phenoxy) is 1.